The SMILES string of the molecule is CCCc1ccc(OCC(F)(F)Oc2ccc(-c3cc(F)c(C(F)(F)C(F)(F)C(F)(F)F)c(F)c3)c(F)c2)cc1. The van der Waals surface area contributed by atoms with Gasteiger partial charge in [-0.15, -0.1) is 0 Å². The van der Waals surface area contributed by atoms with E-state index in [1.165, 1.54) is 12.1 Å². The Morgan fingerprint density at radius 2 is 1.23 bits per heavy atom. The highest BCUT2D eigenvalue weighted by molar-refractivity contribution is 5.66. The summed E-state index contributed by atoms with van der Waals surface area (Å²) in [7, 11) is 0. The lowest BCUT2D eigenvalue weighted by Gasteiger charge is -2.29. The second-order valence-corrected chi connectivity index (χ2v) is 8.53. The highest BCUT2D eigenvalue weighted by atomic mass is 19.4. The molecule has 40 heavy (non-hydrogen) atoms. The van der Waals surface area contributed by atoms with Crippen LogP contribution in [0.5, 0.6) is 11.5 Å². The van der Waals surface area contributed by atoms with Gasteiger partial charge in [0.2, 0.25) is 0 Å². The van der Waals surface area contributed by atoms with Crippen LogP contribution in [0.1, 0.15) is 24.5 Å². The van der Waals surface area contributed by atoms with Gasteiger partial charge >= 0.3 is 24.1 Å². The molecule has 218 valence electrons. The zero-order valence-electron chi connectivity index (χ0n) is 20.2. The van der Waals surface area contributed by atoms with E-state index in [9.17, 15) is 52.7 Å². The second-order valence-electron chi connectivity index (χ2n) is 8.53. The molecular weight excluding hydrogens is 572 g/mol. The van der Waals surface area contributed by atoms with Gasteiger partial charge < -0.3 is 9.47 Å². The van der Waals surface area contributed by atoms with Gasteiger partial charge in [-0.1, -0.05) is 25.5 Å². The van der Waals surface area contributed by atoms with Gasteiger partial charge in [-0.25, -0.2) is 13.2 Å². The minimum absolute atomic E-state index is 0.0933. The lowest BCUT2D eigenvalue weighted by Crippen LogP contribution is -2.50. The van der Waals surface area contributed by atoms with Crippen molar-refractivity contribution < 1.29 is 62.2 Å². The molecule has 2 nitrogen and oxygen atoms in total. The lowest BCUT2D eigenvalue weighted by atomic mass is 9.96. The third kappa shape index (κ3) is 6.41. The molecule has 0 amide bonds. The standard InChI is InChI=1S/C26H18F12O2/c1-2-3-14-4-6-16(7-5-14)39-13-23(30,31)40-17-8-9-18(19(27)12-17)15-10-20(28)22(21(29)11-15)24(32,33)25(34,35)26(36,37)38/h4-12H,2-3,13H2,1H3. The van der Waals surface area contributed by atoms with Crippen LogP contribution in [0.15, 0.2) is 54.6 Å². The largest absolute Gasteiger partial charge is 0.483 e. The van der Waals surface area contributed by atoms with E-state index in [2.05, 4.69) is 4.74 Å². The van der Waals surface area contributed by atoms with Crippen molar-refractivity contribution in [3.63, 3.8) is 0 Å². The summed E-state index contributed by atoms with van der Waals surface area (Å²) in [6.45, 7) is 0.662. The van der Waals surface area contributed by atoms with Crippen LogP contribution >= 0.6 is 0 Å². The molecule has 0 aromatic heterocycles. The van der Waals surface area contributed by atoms with Crippen molar-refractivity contribution >= 4 is 0 Å². The van der Waals surface area contributed by atoms with Crippen LogP contribution in [0, 0.1) is 17.5 Å². The maximum atomic E-state index is 14.6. The van der Waals surface area contributed by atoms with E-state index in [4.69, 9.17) is 4.74 Å². The maximum Gasteiger partial charge on any atom is 0.460 e. The number of rotatable bonds is 10. The minimum atomic E-state index is -6.86. The number of ether oxygens (including phenoxy) is 2. The van der Waals surface area contributed by atoms with Gasteiger partial charge in [0.1, 0.15) is 29.0 Å². The minimum Gasteiger partial charge on any atom is -0.483 e. The fraction of sp³-hybridized carbons (Fsp3) is 0.308. The molecule has 0 saturated carbocycles. The van der Waals surface area contributed by atoms with Crippen molar-refractivity contribution in [3.05, 3.63) is 83.2 Å². The number of benzene rings is 3. The molecule has 0 N–H and O–H groups in total. The Hall–Kier alpha value is -3.58. The van der Waals surface area contributed by atoms with Crippen LogP contribution in [0.3, 0.4) is 0 Å². The monoisotopic (exact) mass is 590 g/mol. The van der Waals surface area contributed by atoms with Gasteiger partial charge in [0, 0.05) is 11.6 Å². The van der Waals surface area contributed by atoms with E-state index in [-0.39, 0.29) is 17.9 Å². The maximum absolute atomic E-state index is 14.6. The van der Waals surface area contributed by atoms with Crippen LogP contribution in [-0.2, 0) is 12.3 Å². The first-order valence-corrected chi connectivity index (χ1v) is 11.3. The molecule has 0 unspecified atom stereocenters. The Kier molecular flexibility index (Phi) is 8.61. The molecule has 0 saturated heterocycles. The summed E-state index contributed by atoms with van der Waals surface area (Å²) >= 11 is 0. The fourth-order valence-electron chi connectivity index (χ4n) is 3.57. The molecular formula is C26H18F12O2. The summed E-state index contributed by atoms with van der Waals surface area (Å²) < 4.78 is 172. The molecule has 0 bridgehead atoms. The number of aryl methyl sites for hydroxylation is 1. The summed E-state index contributed by atoms with van der Waals surface area (Å²) in [6, 6.07) is 7.75. The molecule has 0 aliphatic heterocycles. The van der Waals surface area contributed by atoms with Crippen LogP contribution in [0.4, 0.5) is 52.7 Å². The molecule has 0 radical (unpaired) electrons. The van der Waals surface area contributed by atoms with Crippen LogP contribution < -0.4 is 9.47 Å². The molecule has 3 aromatic rings. The predicted molar refractivity (Wildman–Crippen MR) is 118 cm³/mol. The van der Waals surface area contributed by atoms with E-state index in [1.807, 2.05) is 6.92 Å². The molecule has 0 atom stereocenters. The zero-order valence-corrected chi connectivity index (χ0v) is 20.2. The first-order valence-electron chi connectivity index (χ1n) is 11.3. The summed E-state index contributed by atoms with van der Waals surface area (Å²) in [4.78, 5) is 0. The van der Waals surface area contributed by atoms with Crippen LogP contribution in [0.2, 0.25) is 0 Å². The molecule has 0 heterocycles. The van der Waals surface area contributed by atoms with Gasteiger partial charge in [-0.05, 0) is 53.9 Å². The Bertz CT molecular complexity index is 1310. The van der Waals surface area contributed by atoms with Gasteiger partial charge in [0.15, 0.2) is 6.61 Å². The van der Waals surface area contributed by atoms with Crippen molar-refractivity contribution in [2.75, 3.05) is 6.61 Å². The van der Waals surface area contributed by atoms with Crippen molar-refractivity contribution in [1.29, 1.82) is 0 Å². The molecule has 14 heteroatoms. The predicted octanol–water partition coefficient (Wildman–Crippen LogP) is 9.06. The first-order chi connectivity index (χ1) is 18.4. The fourth-order valence-corrected chi connectivity index (χ4v) is 3.57. The summed E-state index contributed by atoms with van der Waals surface area (Å²) in [6.07, 6.45) is -9.22. The van der Waals surface area contributed by atoms with Gasteiger partial charge in [-0.2, -0.15) is 39.5 Å². The molecule has 0 aliphatic rings. The number of hydrogen-bond donors (Lipinski definition) is 0. The summed E-state index contributed by atoms with van der Waals surface area (Å²) in [5.74, 6) is -20.4. The Morgan fingerprint density at radius 1 is 0.675 bits per heavy atom. The molecule has 0 aliphatic carbocycles. The topological polar surface area (TPSA) is 18.5 Å². The number of halogens is 12. The molecule has 3 rings (SSSR count). The number of alkyl halides is 9. The van der Waals surface area contributed by atoms with Crippen LogP contribution in [0.25, 0.3) is 11.1 Å². The first kappa shape index (κ1) is 31.0. The van der Waals surface area contributed by atoms with E-state index >= 15 is 0 Å². The van der Waals surface area contributed by atoms with E-state index in [0.29, 0.717) is 18.2 Å². The average molecular weight is 590 g/mol. The van der Waals surface area contributed by atoms with Gasteiger partial charge in [0.25, 0.3) is 0 Å². The van der Waals surface area contributed by atoms with Gasteiger partial charge in [0.05, 0.1) is 5.56 Å². The van der Waals surface area contributed by atoms with Gasteiger partial charge in [-0.3, -0.25) is 0 Å². The van der Waals surface area contributed by atoms with E-state index < -0.39 is 70.6 Å². The van der Waals surface area contributed by atoms with Crippen molar-refractivity contribution in [1.82, 2.24) is 0 Å². The molecule has 0 fully saturated rings. The molecule has 3 aromatic carbocycles. The Morgan fingerprint density at radius 3 is 1.73 bits per heavy atom. The number of hydrogen-bond acceptors (Lipinski definition) is 2. The summed E-state index contributed by atoms with van der Waals surface area (Å²) in [5.41, 5.74) is -3.64. The molecule has 0 spiro atoms. The highest BCUT2D eigenvalue weighted by Crippen LogP contribution is 2.53. The average Bonchev–Trinajstić information content (AvgIpc) is 2.82. The van der Waals surface area contributed by atoms with Crippen molar-refractivity contribution in [2.45, 2.75) is 43.9 Å². The Labute approximate surface area is 219 Å². The highest BCUT2D eigenvalue weighted by Gasteiger charge is 2.74. The van der Waals surface area contributed by atoms with Crippen molar-refractivity contribution in [2.24, 2.45) is 0 Å². The smallest absolute Gasteiger partial charge is 0.460 e. The lowest BCUT2D eigenvalue weighted by molar-refractivity contribution is -0.360. The van der Waals surface area contributed by atoms with E-state index in [1.54, 1.807) is 12.1 Å². The van der Waals surface area contributed by atoms with Crippen LogP contribution in [-0.4, -0.2) is 24.8 Å². The summed E-state index contributed by atoms with van der Waals surface area (Å²) in [5, 5.41) is 0. The van der Waals surface area contributed by atoms with Crippen molar-refractivity contribution in [3.8, 4) is 22.6 Å². The third-order valence-corrected chi connectivity index (χ3v) is 5.49. The zero-order chi connectivity index (χ0) is 30.1. The van der Waals surface area contributed by atoms with E-state index in [0.717, 1.165) is 18.4 Å². The second kappa shape index (κ2) is 11.1. The Balaban J connectivity index is 1.79. The normalized spacial score (nSPS) is 12.9. The third-order valence-electron chi connectivity index (χ3n) is 5.49. The quantitative estimate of drug-likeness (QED) is 0.220.